The molecule has 198 valence electrons. The Kier molecular flexibility index (Phi) is 8.45. The van der Waals surface area contributed by atoms with E-state index in [0.717, 1.165) is 78.4 Å². The summed E-state index contributed by atoms with van der Waals surface area (Å²) in [6.45, 7) is 2.29. The van der Waals surface area contributed by atoms with Crippen molar-refractivity contribution in [3.05, 3.63) is 99.6 Å². The van der Waals surface area contributed by atoms with Gasteiger partial charge in [0, 0.05) is 30.2 Å². The van der Waals surface area contributed by atoms with Gasteiger partial charge < -0.3 is 10.5 Å². The number of hydrogen-bond acceptors (Lipinski definition) is 3. The summed E-state index contributed by atoms with van der Waals surface area (Å²) in [5.74, 6) is 0.449. The minimum Gasteiger partial charge on any atom is -0.489 e. The Bertz CT molecular complexity index is 1310. The molecular weight excluding hydrogens is 499 g/mol. The topological polar surface area (TPSA) is 55.6 Å². The van der Waals surface area contributed by atoms with Crippen molar-refractivity contribution in [1.29, 1.82) is 0 Å². The highest BCUT2D eigenvalue weighted by Gasteiger charge is 2.26. The Balaban J connectivity index is 1.51. The molecule has 5 rings (SSSR count). The first kappa shape index (κ1) is 26.5. The molecule has 1 saturated heterocycles. The third-order valence-electron chi connectivity index (χ3n) is 7.61. The minimum absolute atomic E-state index is 0.118. The summed E-state index contributed by atoms with van der Waals surface area (Å²) in [5, 5.41) is 0.730. The number of benzene rings is 2. The van der Waals surface area contributed by atoms with E-state index >= 15 is 0 Å². The molecule has 2 N–H and O–H groups in total. The van der Waals surface area contributed by atoms with Crippen LogP contribution in [0.4, 0.5) is 4.39 Å². The van der Waals surface area contributed by atoms with E-state index in [1.54, 1.807) is 0 Å². The molecular formula is C32H34ClFN2O2. The van der Waals surface area contributed by atoms with E-state index in [9.17, 15) is 9.18 Å². The van der Waals surface area contributed by atoms with E-state index in [1.807, 2.05) is 42.5 Å². The van der Waals surface area contributed by atoms with Crippen LogP contribution in [-0.2, 0) is 4.79 Å². The second-order valence-corrected chi connectivity index (χ2v) is 10.6. The molecule has 2 aromatic carbocycles. The maximum atomic E-state index is 12.5. The lowest BCUT2D eigenvalue weighted by Gasteiger charge is -2.19. The lowest BCUT2D eigenvalue weighted by atomic mass is 9.86. The molecule has 38 heavy (non-hydrogen) atoms. The molecule has 0 saturated carbocycles. The number of likely N-dealkylation sites (tertiary alicyclic amines) is 1. The summed E-state index contributed by atoms with van der Waals surface area (Å²) in [7, 11) is 0. The first-order valence-corrected chi connectivity index (χ1v) is 13.8. The minimum atomic E-state index is -0.385. The Labute approximate surface area is 229 Å². The van der Waals surface area contributed by atoms with Crippen LogP contribution in [0.1, 0.15) is 49.7 Å². The quantitative estimate of drug-likeness (QED) is 0.401. The zero-order valence-corrected chi connectivity index (χ0v) is 22.4. The lowest BCUT2D eigenvalue weighted by molar-refractivity contribution is -0.114. The number of carbonyl (C=O) groups excluding carboxylic acids is 1. The van der Waals surface area contributed by atoms with Gasteiger partial charge in [-0.05, 0) is 90.1 Å². The third kappa shape index (κ3) is 5.95. The molecule has 1 amide bonds. The van der Waals surface area contributed by atoms with Crippen LogP contribution < -0.4 is 10.5 Å². The monoisotopic (exact) mass is 532 g/mol. The van der Waals surface area contributed by atoms with Crippen molar-refractivity contribution in [2.24, 2.45) is 5.73 Å². The number of carbonyl (C=O) groups is 1. The van der Waals surface area contributed by atoms with E-state index in [1.165, 1.54) is 11.1 Å². The van der Waals surface area contributed by atoms with Crippen LogP contribution in [-0.4, -0.2) is 43.2 Å². The summed E-state index contributed by atoms with van der Waals surface area (Å²) in [5.41, 5.74) is 13.0. The average molecular weight is 533 g/mol. The second-order valence-electron chi connectivity index (χ2n) is 10.2. The van der Waals surface area contributed by atoms with Crippen LogP contribution in [0.3, 0.4) is 0 Å². The molecule has 0 unspecified atom stereocenters. The van der Waals surface area contributed by atoms with Gasteiger partial charge in [0.25, 0.3) is 0 Å². The van der Waals surface area contributed by atoms with Crippen LogP contribution in [0, 0.1) is 0 Å². The fourth-order valence-corrected chi connectivity index (χ4v) is 5.94. The highest BCUT2D eigenvalue weighted by atomic mass is 35.5. The van der Waals surface area contributed by atoms with Crippen molar-refractivity contribution in [2.45, 2.75) is 44.6 Å². The molecule has 2 aromatic rings. The SMILES string of the molecule is NC(=O)C1=CC=C2C(=CC1)CCCC(c1ccccc1Cl)=C2c1ccc(O[C@H]2CCN(CCCF)C2)cc1. The van der Waals surface area contributed by atoms with Crippen molar-refractivity contribution < 1.29 is 13.9 Å². The zero-order valence-electron chi connectivity index (χ0n) is 21.6. The van der Waals surface area contributed by atoms with Crippen molar-refractivity contribution in [1.82, 2.24) is 4.90 Å². The third-order valence-corrected chi connectivity index (χ3v) is 7.94. The number of allylic oxidation sites excluding steroid dienone is 7. The highest BCUT2D eigenvalue weighted by molar-refractivity contribution is 6.32. The average Bonchev–Trinajstić information content (AvgIpc) is 3.14. The Hall–Kier alpha value is -3.15. The van der Waals surface area contributed by atoms with E-state index in [-0.39, 0.29) is 18.7 Å². The van der Waals surface area contributed by atoms with Crippen molar-refractivity contribution in [3.63, 3.8) is 0 Å². The lowest BCUT2D eigenvalue weighted by Crippen LogP contribution is -2.26. The zero-order chi connectivity index (χ0) is 26.5. The molecule has 1 heterocycles. The fraction of sp³-hybridized carbons (Fsp3) is 0.344. The Morgan fingerprint density at radius 1 is 1.11 bits per heavy atom. The van der Waals surface area contributed by atoms with Crippen molar-refractivity contribution in [3.8, 4) is 5.75 Å². The van der Waals surface area contributed by atoms with Gasteiger partial charge >= 0.3 is 0 Å². The van der Waals surface area contributed by atoms with E-state index in [2.05, 4.69) is 29.2 Å². The number of nitrogens with two attached hydrogens (primary N) is 1. The van der Waals surface area contributed by atoms with Crippen LogP contribution >= 0.6 is 11.6 Å². The number of hydrogen-bond donors (Lipinski definition) is 1. The number of amides is 1. The Morgan fingerprint density at radius 3 is 2.68 bits per heavy atom. The first-order valence-electron chi connectivity index (χ1n) is 13.5. The van der Waals surface area contributed by atoms with Gasteiger partial charge in [-0.1, -0.05) is 60.2 Å². The smallest absolute Gasteiger partial charge is 0.244 e. The van der Waals surface area contributed by atoms with Crippen LogP contribution in [0.25, 0.3) is 11.1 Å². The normalized spacial score (nSPS) is 20.2. The van der Waals surface area contributed by atoms with Crippen molar-refractivity contribution >= 4 is 28.7 Å². The Morgan fingerprint density at radius 2 is 1.92 bits per heavy atom. The fourth-order valence-electron chi connectivity index (χ4n) is 5.69. The van der Waals surface area contributed by atoms with E-state index in [4.69, 9.17) is 22.1 Å². The standard InChI is InChI=1S/C32H34ClFN2O2/c33-30-8-2-1-6-28(30)29-7-3-5-22-9-10-24(32(35)37)13-16-27(22)31(29)23-11-14-25(15-12-23)38-26-17-20-36(21-26)19-4-18-34/h1-2,6,8-9,11-16,26H,3-5,7,10,17-21H2,(H2,35,37)/t26-/m0/s1. The molecule has 0 aromatic heterocycles. The molecule has 2 aliphatic carbocycles. The van der Waals surface area contributed by atoms with Gasteiger partial charge in [-0.3, -0.25) is 14.1 Å². The number of nitrogens with zero attached hydrogens (tertiary/aromatic N) is 1. The largest absolute Gasteiger partial charge is 0.489 e. The van der Waals surface area contributed by atoms with Gasteiger partial charge in [0.2, 0.25) is 5.91 Å². The van der Waals surface area contributed by atoms with Gasteiger partial charge in [0.1, 0.15) is 11.9 Å². The summed E-state index contributed by atoms with van der Waals surface area (Å²) in [6, 6.07) is 16.3. The molecule has 1 aliphatic heterocycles. The number of primary amides is 1. The van der Waals surface area contributed by atoms with E-state index < -0.39 is 0 Å². The molecule has 6 heteroatoms. The van der Waals surface area contributed by atoms with Gasteiger partial charge in [-0.15, -0.1) is 0 Å². The maximum Gasteiger partial charge on any atom is 0.244 e. The molecule has 1 fully saturated rings. The van der Waals surface area contributed by atoms with Crippen LogP contribution in [0.2, 0.25) is 5.02 Å². The maximum absolute atomic E-state index is 12.5. The van der Waals surface area contributed by atoms with Gasteiger partial charge in [0.15, 0.2) is 0 Å². The van der Waals surface area contributed by atoms with Gasteiger partial charge in [-0.25, -0.2) is 0 Å². The highest BCUT2D eigenvalue weighted by Crippen LogP contribution is 2.45. The van der Waals surface area contributed by atoms with Crippen LogP contribution in [0.5, 0.6) is 5.75 Å². The molecule has 4 nitrogen and oxygen atoms in total. The van der Waals surface area contributed by atoms with Crippen molar-refractivity contribution in [2.75, 3.05) is 26.3 Å². The number of halogens is 2. The summed E-state index contributed by atoms with van der Waals surface area (Å²) in [4.78, 5) is 14.2. The molecule has 0 spiro atoms. The number of rotatable bonds is 8. The number of alkyl halides is 1. The summed E-state index contributed by atoms with van der Waals surface area (Å²) in [6.07, 6.45) is 11.0. The van der Waals surface area contributed by atoms with E-state index in [0.29, 0.717) is 18.4 Å². The number of fused-ring (bicyclic) bond motifs is 1. The first-order chi connectivity index (χ1) is 18.5. The van der Waals surface area contributed by atoms with Gasteiger partial charge in [-0.2, -0.15) is 0 Å². The predicted molar refractivity (Wildman–Crippen MR) is 153 cm³/mol. The summed E-state index contributed by atoms with van der Waals surface area (Å²) < 4.78 is 18.8. The molecule has 1 atom stereocenters. The molecule has 0 bridgehead atoms. The number of ether oxygens (including phenoxy) is 1. The summed E-state index contributed by atoms with van der Waals surface area (Å²) >= 11 is 6.71. The van der Waals surface area contributed by atoms with Crippen LogP contribution in [0.15, 0.2) is 83.5 Å². The molecule has 0 radical (unpaired) electrons. The second kappa shape index (κ2) is 12.1. The predicted octanol–water partition coefficient (Wildman–Crippen LogP) is 6.92. The van der Waals surface area contributed by atoms with Gasteiger partial charge in [0.05, 0.1) is 6.67 Å². The molecule has 3 aliphatic rings.